The van der Waals surface area contributed by atoms with Crippen molar-refractivity contribution in [3.8, 4) is 0 Å². The topological polar surface area (TPSA) is 185 Å². The molecule has 0 unspecified atom stereocenters. The van der Waals surface area contributed by atoms with Crippen LogP contribution < -0.4 is 10.6 Å². The molecule has 0 saturated carbocycles. The third kappa shape index (κ3) is 10.7. The zero-order valence-electron chi connectivity index (χ0n) is 31.8. The minimum atomic E-state index is -2.90. The first-order valence-corrected chi connectivity index (χ1v) is 21.3. The Kier molecular flexibility index (Phi) is 16.8. The van der Waals surface area contributed by atoms with Crippen LogP contribution in [0.3, 0.4) is 0 Å². The summed E-state index contributed by atoms with van der Waals surface area (Å²) >= 11 is 0. The number of hydrogen-bond donors (Lipinski definition) is 2. The number of ether oxygens (including phenoxy) is 4. The van der Waals surface area contributed by atoms with Crippen LogP contribution in [0.2, 0.25) is 12.1 Å². The van der Waals surface area contributed by atoms with E-state index in [2.05, 4.69) is 10.6 Å². The third-order valence-corrected chi connectivity index (χ3v) is 15.7. The van der Waals surface area contributed by atoms with E-state index in [1.54, 1.807) is 0 Å². The molecule has 0 spiro atoms. The fourth-order valence-corrected chi connectivity index (χ4v) is 9.23. The first kappa shape index (κ1) is 43.6. The second kappa shape index (κ2) is 20.1. The fourth-order valence-electron chi connectivity index (χ4n) is 5.78. The van der Waals surface area contributed by atoms with Crippen molar-refractivity contribution < 1.29 is 64.7 Å². The largest absolute Gasteiger partial charge is 0.500 e. The summed E-state index contributed by atoms with van der Waals surface area (Å²) in [6.45, 7) is 6.13. The highest BCUT2D eigenvalue weighted by molar-refractivity contribution is 6.60. The second-order valence-electron chi connectivity index (χ2n) is 13.1. The van der Waals surface area contributed by atoms with Crippen molar-refractivity contribution in [2.75, 3.05) is 95.4 Å². The third-order valence-electron chi connectivity index (χ3n) is 10.00. The van der Waals surface area contributed by atoms with E-state index in [9.17, 15) is 19.2 Å². The molecule has 2 saturated heterocycles. The molecule has 2 heterocycles. The van der Waals surface area contributed by atoms with Crippen molar-refractivity contribution in [1.82, 2.24) is 10.6 Å². The van der Waals surface area contributed by atoms with Gasteiger partial charge in [-0.3, -0.25) is 9.59 Å². The summed E-state index contributed by atoms with van der Waals surface area (Å²) in [6.07, 6.45) is 2.29. The van der Waals surface area contributed by atoms with Gasteiger partial charge in [0.25, 0.3) is 11.8 Å². The molecular formula is C34H56N2O14Si2. The van der Waals surface area contributed by atoms with Crippen LogP contribution >= 0.6 is 0 Å². The highest BCUT2D eigenvalue weighted by atomic mass is 28.4. The zero-order chi connectivity index (χ0) is 38.4. The molecule has 2 aliphatic rings. The van der Waals surface area contributed by atoms with Gasteiger partial charge in [-0.25, -0.2) is 9.59 Å². The van der Waals surface area contributed by atoms with E-state index in [0.717, 1.165) is 0 Å². The number of carbonyl (C=O) groups excluding carboxylic acids is 4. The SMILES string of the molecule is CCC1(COC(=O)c2cc(C(=O)OCC3(CC)COC3)c(C(=O)NCCC[Si](OC)(OC)OC)cc2C(=O)NCCC[Si](OC)(OC)OC)COC1. The zero-order valence-corrected chi connectivity index (χ0v) is 33.8. The van der Waals surface area contributed by atoms with E-state index in [-0.39, 0.29) is 59.4 Å². The molecule has 2 amide bonds. The molecule has 18 heteroatoms. The van der Waals surface area contributed by atoms with Gasteiger partial charge in [-0.05, 0) is 37.8 Å². The number of hydrogen-bond acceptors (Lipinski definition) is 14. The number of benzene rings is 1. The monoisotopic (exact) mass is 772 g/mol. The minimum absolute atomic E-state index is 0.0530. The van der Waals surface area contributed by atoms with E-state index in [4.69, 9.17) is 45.5 Å². The Balaban J connectivity index is 1.96. The van der Waals surface area contributed by atoms with Gasteiger partial charge in [0.2, 0.25) is 0 Å². The van der Waals surface area contributed by atoms with Gasteiger partial charge < -0.3 is 56.1 Å². The molecule has 0 radical (unpaired) electrons. The summed E-state index contributed by atoms with van der Waals surface area (Å²) in [5.74, 6) is -2.95. The van der Waals surface area contributed by atoms with Crippen LogP contribution in [0.5, 0.6) is 0 Å². The van der Waals surface area contributed by atoms with Gasteiger partial charge in [-0.2, -0.15) is 0 Å². The quantitative estimate of drug-likeness (QED) is 0.0888. The van der Waals surface area contributed by atoms with Gasteiger partial charge in [-0.15, -0.1) is 0 Å². The maximum absolute atomic E-state index is 13.8. The lowest BCUT2D eigenvalue weighted by Crippen LogP contribution is -2.46. The summed E-state index contributed by atoms with van der Waals surface area (Å²) in [6, 6.07) is 3.26. The lowest BCUT2D eigenvalue weighted by atomic mass is 9.84. The Morgan fingerprint density at radius 3 is 1.19 bits per heavy atom. The highest BCUT2D eigenvalue weighted by Gasteiger charge is 2.41. The Morgan fingerprint density at radius 2 is 0.923 bits per heavy atom. The van der Waals surface area contributed by atoms with Crippen LogP contribution in [-0.2, 0) is 45.5 Å². The molecule has 2 N–H and O–H groups in total. The molecule has 2 aliphatic heterocycles. The maximum Gasteiger partial charge on any atom is 0.500 e. The predicted molar refractivity (Wildman–Crippen MR) is 191 cm³/mol. The van der Waals surface area contributed by atoms with Crippen molar-refractivity contribution >= 4 is 41.4 Å². The molecule has 294 valence electrons. The summed E-state index contributed by atoms with van der Waals surface area (Å²) in [5, 5.41) is 5.61. The Morgan fingerprint density at radius 1 is 0.596 bits per heavy atom. The Bertz CT molecular complexity index is 1240. The number of rotatable bonds is 24. The highest BCUT2D eigenvalue weighted by Crippen LogP contribution is 2.33. The van der Waals surface area contributed by atoms with Crippen LogP contribution in [0.15, 0.2) is 12.1 Å². The van der Waals surface area contributed by atoms with Gasteiger partial charge in [0.1, 0.15) is 13.2 Å². The first-order valence-electron chi connectivity index (χ1n) is 17.4. The molecule has 0 bridgehead atoms. The van der Waals surface area contributed by atoms with Crippen molar-refractivity contribution in [2.24, 2.45) is 10.8 Å². The molecule has 0 aromatic heterocycles. The number of carbonyl (C=O) groups is 4. The van der Waals surface area contributed by atoms with Crippen molar-refractivity contribution in [2.45, 2.75) is 51.6 Å². The average molecular weight is 773 g/mol. The molecule has 0 aliphatic carbocycles. The maximum atomic E-state index is 13.8. The molecule has 52 heavy (non-hydrogen) atoms. The van der Waals surface area contributed by atoms with Crippen LogP contribution in [-0.4, -0.2) is 137 Å². The molecule has 16 nitrogen and oxygen atoms in total. The molecular weight excluding hydrogens is 717 g/mol. The molecule has 0 atom stereocenters. The second-order valence-corrected chi connectivity index (χ2v) is 19.3. The van der Waals surface area contributed by atoms with Crippen LogP contribution in [0, 0.1) is 10.8 Å². The van der Waals surface area contributed by atoms with Crippen molar-refractivity contribution in [3.05, 3.63) is 34.4 Å². The number of amides is 2. The van der Waals surface area contributed by atoms with Gasteiger partial charge in [0.05, 0.1) is 59.5 Å². The van der Waals surface area contributed by atoms with Crippen molar-refractivity contribution in [3.63, 3.8) is 0 Å². The Labute approximate surface area is 308 Å². The lowest BCUT2D eigenvalue weighted by molar-refractivity contribution is -0.140. The number of esters is 2. The van der Waals surface area contributed by atoms with Crippen LogP contribution in [0.4, 0.5) is 0 Å². The van der Waals surface area contributed by atoms with E-state index >= 15 is 0 Å². The average Bonchev–Trinajstić information content (AvgIpc) is 3.14. The number of nitrogens with one attached hydrogen (secondary N) is 2. The smallest absolute Gasteiger partial charge is 0.461 e. The van der Waals surface area contributed by atoms with Gasteiger partial charge in [0, 0.05) is 67.8 Å². The standard InChI is InChI=1S/C34H56N2O14Si2/c1-9-33(19-47-20-33)23-49-31(39)27-18-28(32(40)50-24-34(10-2)21-48-22-34)26(30(38)36-14-12-16-52(44-6,45-7)46-8)17-25(27)29(37)35-13-11-15-51(41-3,42-4)43-5/h17-18H,9-16,19-24H2,1-8H3,(H,35,37)(H,36,38). The molecule has 1 aromatic carbocycles. The van der Waals surface area contributed by atoms with Crippen molar-refractivity contribution in [1.29, 1.82) is 0 Å². The molecule has 2 fully saturated rings. The van der Waals surface area contributed by atoms with Crippen LogP contribution in [0.1, 0.15) is 81.0 Å². The molecule has 3 rings (SSSR count). The summed E-state index contributed by atoms with van der Waals surface area (Å²) in [4.78, 5) is 55.0. The van der Waals surface area contributed by atoms with E-state index in [1.165, 1.54) is 54.8 Å². The van der Waals surface area contributed by atoms with E-state index < -0.39 is 41.4 Å². The lowest BCUT2D eigenvalue weighted by Gasteiger charge is -2.40. The predicted octanol–water partition coefficient (Wildman–Crippen LogP) is 2.85. The normalized spacial score (nSPS) is 16.3. The summed E-state index contributed by atoms with van der Waals surface area (Å²) < 4.78 is 55.0. The van der Waals surface area contributed by atoms with E-state index in [0.29, 0.717) is 64.2 Å². The summed E-state index contributed by atoms with van der Waals surface area (Å²) in [7, 11) is 3.20. The first-order chi connectivity index (χ1) is 24.9. The van der Waals surface area contributed by atoms with Gasteiger partial charge in [-0.1, -0.05) is 13.8 Å². The minimum Gasteiger partial charge on any atom is -0.461 e. The molecule has 1 aromatic rings. The fraction of sp³-hybridized carbons (Fsp3) is 0.706. The van der Waals surface area contributed by atoms with Gasteiger partial charge >= 0.3 is 29.5 Å². The summed E-state index contributed by atoms with van der Waals surface area (Å²) in [5.41, 5.74) is -1.33. The van der Waals surface area contributed by atoms with E-state index in [1.807, 2.05) is 13.8 Å². The van der Waals surface area contributed by atoms with Gasteiger partial charge in [0.15, 0.2) is 0 Å². The van der Waals surface area contributed by atoms with Crippen LogP contribution in [0.25, 0.3) is 0 Å². The Hall–Kier alpha value is -2.79.